The lowest BCUT2D eigenvalue weighted by atomic mass is 10.1. The van der Waals surface area contributed by atoms with Crippen molar-refractivity contribution in [2.24, 2.45) is 11.1 Å². The summed E-state index contributed by atoms with van der Waals surface area (Å²) in [6.07, 6.45) is 1.72. The van der Waals surface area contributed by atoms with E-state index in [-0.39, 0.29) is 11.3 Å². The van der Waals surface area contributed by atoms with Crippen molar-refractivity contribution in [1.29, 1.82) is 0 Å². The van der Waals surface area contributed by atoms with Crippen LogP contribution in [0, 0.1) is 5.41 Å². The Morgan fingerprint density at radius 1 is 1.56 bits per heavy atom. The Hall–Kier alpha value is -1.26. The summed E-state index contributed by atoms with van der Waals surface area (Å²) in [7, 11) is 0. The number of nitrogens with one attached hydrogen (secondary N) is 1. The first kappa shape index (κ1) is 13.2. The monoisotopic (exact) mass is 268 g/mol. The van der Waals surface area contributed by atoms with E-state index in [1.54, 1.807) is 18.2 Å². The second-order valence-corrected chi connectivity index (χ2v) is 4.92. The highest BCUT2D eigenvalue weighted by Gasteiger charge is 2.48. The molecule has 1 saturated carbocycles. The van der Waals surface area contributed by atoms with Crippen molar-refractivity contribution in [3.63, 3.8) is 0 Å². The molecule has 0 radical (unpaired) electrons. The van der Waals surface area contributed by atoms with E-state index in [1.807, 2.05) is 6.92 Å². The minimum Gasteiger partial charge on any atom is -0.492 e. The van der Waals surface area contributed by atoms with Gasteiger partial charge in [0.05, 0.1) is 17.0 Å². The number of amides is 1. The van der Waals surface area contributed by atoms with Gasteiger partial charge in [-0.1, -0.05) is 11.6 Å². The van der Waals surface area contributed by atoms with Gasteiger partial charge in [-0.25, -0.2) is 0 Å². The SMILES string of the molecule is CCOc1ccc(NC(=O)C2(CN)CC2)cc1Cl. The zero-order chi connectivity index (χ0) is 13.2. The molecule has 0 spiro atoms. The van der Waals surface area contributed by atoms with Gasteiger partial charge < -0.3 is 15.8 Å². The van der Waals surface area contributed by atoms with Crippen LogP contribution in [-0.2, 0) is 4.79 Å². The van der Waals surface area contributed by atoms with Crippen molar-refractivity contribution in [3.8, 4) is 5.75 Å². The van der Waals surface area contributed by atoms with Crippen LogP contribution in [-0.4, -0.2) is 19.1 Å². The van der Waals surface area contributed by atoms with Crippen LogP contribution in [0.1, 0.15) is 19.8 Å². The fourth-order valence-electron chi connectivity index (χ4n) is 1.79. The van der Waals surface area contributed by atoms with Gasteiger partial charge in [-0.3, -0.25) is 4.79 Å². The maximum absolute atomic E-state index is 12.0. The topological polar surface area (TPSA) is 64.3 Å². The van der Waals surface area contributed by atoms with Gasteiger partial charge in [-0.15, -0.1) is 0 Å². The average Bonchev–Trinajstić information content (AvgIpc) is 3.14. The minimum absolute atomic E-state index is 0.0229. The first-order chi connectivity index (χ1) is 8.61. The molecule has 18 heavy (non-hydrogen) atoms. The quantitative estimate of drug-likeness (QED) is 0.862. The predicted octanol–water partition coefficient (Wildman–Crippen LogP) is 2.42. The minimum atomic E-state index is -0.356. The van der Waals surface area contributed by atoms with Gasteiger partial charge in [0.15, 0.2) is 0 Å². The summed E-state index contributed by atoms with van der Waals surface area (Å²) >= 11 is 6.05. The van der Waals surface area contributed by atoms with Crippen LogP contribution in [0.4, 0.5) is 5.69 Å². The summed E-state index contributed by atoms with van der Waals surface area (Å²) in [4.78, 5) is 12.0. The summed E-state index contributed by atoms with van der Waals surface area (Å²) in [5, 5.41) is 3.34. The number of hydrogen-bond donors (Lipinski definition) is 2. The molecule has 4 nitrogen and oxygen atoms in total. The van der Waals surface area contributed by atoms with E-state index in [2.05, 4.69) is 5.32 Å². The largest absolute Gasteiger partial charge is 0.492 e. The number of carbonyl (C=O) groups is 1. The van der Waals surface area contributed by atoms with Gasteiger partial charge >= 0.3 is 0 Å². The molecule has 0 heterocycles. The molecule has 5 heteroatoms. The highest BCUT2D eigenvalue weighted by atomic mass is 35.5. The maximum atomic E-state index is 12.0. The molecule has 1 aliphatic rings. The smallest absolute Gasteiger partial charge is 0.231 e. The van der Waals surface area contributed by atoms with E-state index < -0.39 is 0 Å². The standard InChI is InChI=1S/C13H17ClN2O2/c1-2-18-11-4-3-9(7-10(11)14)16-12(17)13(8-15)5-6-13/h3-4,7H,2,5-6,8,15H2,1H3,(H,16,17). The molecule has 0 aliphatic heterocycles. The first-order valence-electron chi connectivity index (χ1n) is 6.05. The first-order valence-corrected chi connectivity index (χ1v) is 6.43. The fraction of sp³-hybridized carbons (Fsp3) is 0.462. The predicted molar refractivity (Wildman–Crippen MR) is 72.0 cm³/mol. The molecule has 1 amide bonds. The number of nitrogens with two attached hydrogens (primary N) is 1. The second-order valence-electron chi connectivity index (χ2n) is 4.52. The molecule has 0 bridgehead atoms. The van der Waals surface area contributed by atoms with Crippen LogP contribution >= 0.6 is 11.6 Å². The molecule has 1 aromatic rings. The van der Waals surface area contributed by atoms with Crippen molar-refractivity contribution in [1.82, 2.24) is 0 Å². The van der Waals surface area contributed by atoms with E-state index in [4.69, 9.17) is 22.1 Å². The normalized spacial score (nSPS) is 16.2. The summed E-state index contributed by atoms with van der Waals surface area (Å²) in [6.45, 7) is 2.84. The summed E-state index contributed by atoms with van der Waals surface area (Å²) in [6, 6.07) is 5.22. The zero-order valence-electron chi connectivity index (χ0n) is 10.3. The van der Waals surface area contributed by atoms with Gasteiger partial charge in [-0.05, 0) is 38.0 Å². The fourth-order valence-corrected chi connectivity index (χ4v) is 2.02. The molecule has 1 aliphatic carbocycles. The lowest BCUT2D eigenvalue weighted by Crippen LogP contribution is -2.30. The molecule has 0 atom stereocenters. The third-order valence-electron chi connectivity index (χ3n) is 3.22. The molecule has 0 saturated heterocycles. The van der Waals surface area contributed by atoms with Gasteiger partial charge in [0.2, 0.25) is 5.91 Å². The Bertz CT molecular complexity index is 458. The van der Waals surface area contributed by atoms with E-state index in [0.717, 1.165) is 12.8 Å². The molecule has 3 N–H and O–H groups in total. The van der Waals surface area contributed by atoms with Crippen molar-refractivity contribution in [2.75, 3.05) is 18.5 Å². The number of hydrogen-bond acceptors (Lipinski definition) is 3. The van der Waals surface area contributed by atoms with Crippen molar-refractivity contribution < 1.29 is 9.53 Å². The van der Waals surface area contributed by atoms with Gasteiger partial charge in [0, 0.05) is 12.2 Å². The Morgan fingerprint density at radius 3 is 2.78 bits per heavy atom. The molecule has 1 fully saturated rings. The Labute approximate surface area is 111 Å². The van der Waals surface area contributed by atoms with Crippen LogP contribution in [0.5, 0.6) is 5.75 Å². The van der Waals surface area contributed by atoms with Crippen LogP contribution in [0.15, 0.2) is 18.2 Å². The van der Waals surface area contributed by atoms with Gasteiger partial charge in [0.1, 0.15) is 5.75 Å². The number of carbonyl (C=O) groups excluding carboxylic acids is 1. The third kappa shape index (κ3) is 2.60. The van der Waals surface area contributed by atoms with E-state index in [9.17, 15) is 4.79 Å². The number of ether oxygens (including phenoxy) is 1. The maximum Gasteiger partial charge on any atom is 0.231 e. The number of benzene rings is 1. The second kappa shape index (κ2) is 5.16. The molecule has 98 valence electrons. The lowest BCUT2D eigenvalue weighted by molar-refractivity contribution is -0.120. The third-order valence-corrected chi connectivity index (χ3v) is 3.51. The molecular weight excluding hydrogens is 252 g/mol. The van der Waals surface area contributed by atoms with Crippen LogP contribution in [0.2, 0.25) is 5.02 Å². The molecule has 2 rings (SSSR count). The highest BCUT2D eigenvalue weighted by Crippen LogP contribution is 2.45. The van der Waals surface area contributed by atoms with E-state index in [1.165, 1.54) is 0 Å². The lowest BCUT2D eigenvalue weighted by Gasteiger charge is -2.13. The summed E-state index contributed by atoms with van der Waals surface area (Å²) in [5.74, 6) is 0.599. The number of anilines is 1. The van der Waals surface area contributed by atoms with Crippen molar-refractivity contribution in [2.45, 2.75) is 19.8 Å². The Balaban J connectivity index is 2.06. The molecular formula is C13H17ClN2O2. The van der Waals surface area contributed by atoms with Gasteiger partial charge in [-0.2, -0.15) is 0 Å². The van der Waals surface area contributed by atoms with Crippen molar-refractivity contribution >= 4 is 23.2 Å². The van der Waals surface area contributed by atoms with Crippen LogP contribution in [0.25, 0.3) is 0 Å². The number of rotatable bonds is 5. The molecule has 0 aromatic heterocycles. The Kier molecular flexibility index (Phi) is 3.78. The number of halogens is 1. The van der Waals surface area contributed by atoms with Crippen molar-refractivity contribution in [3.05, 3.63) is 23.2 Å². The summed E-state index contributed by atoms with van der Waals surface area (Å²) < 4.78 is 5.33. The molecule has 0 unspecified atom stereocenters. The molecule has 1 aromatic carbocycles. The van der Waals surface area contributed by atoms with Crippen LogP contribution < -0.4 is 15.8 Å². The zero-order valence-corrected chi connectivity index (χ0v) is 11.1. The average molecular weight is 269 g/mol. The highest BCUT2D eigenvalue weighted by molar-refractivity contribution is 6.32. The van der Waals surface area contributed by atoms with E-state index >= 15 is 0 Å². The van der Waals surface area contributed by atoms with Gasteiger partial charge in [0.25, 0.3) is 0 Å². The summed E-state index contributed by atoms with van der Waals surface area (Å²) in [5.41, 5.74) is 5.93. The Morgan fingerprint density at radius 2 is 2.28 bits per heavy atom. The van der Waals surface area contributed by atoms with E-state index in [0.29, 0.717) is 29.6 Å². The van der Waals surface area contributed by atoms with Crippen LogP contribution in [0.3, 0.4) is 0 Å².